The molecule has 0 saturated carbocycles. The fraction of sp³-hybridized carbons (Fsp3) is 0.333. The van der Waals surface area contributed by atoms with Gasteiger partial charge in [-0.1, -0.05) is 12.1 Å². The second-order valence-corrected chi connectivity index (χ2v) is 7.16. The average molecular weight is 352 g/mol. The van der Waals surface area contributed by atoms with Gasteiger partial charge in [-0.25, -0.2) is 4.39 Å². The van der Waals surface area contributed by atoms with Crippen LogP contribution in [0.25, 0.3) is 22.0 Å². The molecule has 136 valence electrons. The van der Waals surface area contributed by atoms with Crippen LogP contribution in [0.4, 0.5) is 15.9 Å². The lowest BCUT2D eigenvalue weighted by atomic mass is 9.97. The Morgan fingerprint density at radius 3 is 2.65 bits per heavy atom. The van der Waals surface area contributed by atoms with Crippen LogP contribution in [0.3, 0.4) is 0 Å². The van der Waals surface area contributed by atoms with Crippen LogP contribution in [0, 0.1) is 12.7 Å². The van der Waals surface area contributed by atoms with Gasteiger partial charge in [0.25, 0.3) is 0 Å². The maximum absolute atomic E-state index is 14.6. The van der Waals surface area contributed by atoms with Gasteiger partial charge in [-0.3, -0.25) is 0 Å². The molecule has 1 aromatic heterocycles. The van der Waals surface area contributed by atoms with Crippen molar-refractivity contribution in [2.45, 2.75) is 25.8 Å². The molecule has 2 aromatic carbocycles. The van der Waals surface area contributed by atoms with Crippen molar-refractivity contribution in [3.05, 3.63) is 47.8 Å². The third kappa shape index (κ3) is 2.92. The zero-order chi connectivity index (χ0) is 18.3. The summed E-state index contributed by atoms with van der Waals surface area (Å²) >= 11 is 0. The van der Waals surface area contributed by atoms with Gasteiger partial charge in [-0.05, 0) is 62.2 Å². The molecule has 0 radical (unpaired) electrons. The number of hydrogen-bond acceptors (Lipinski definition) is 3. The summed E-state index contributed by atoms with van der Waals surface area (Å²) < 4.78 is 14.6. The number of fused-ring (bicyclic) bond motifs is 1. The SMILES string of the molecule is CNC1CCN(c2cc(-c3c(C)cccc3F)cc3[nH]c(N)cc23)CC1. The Balaban J connectivity index is 1.84. The fourth-order valence-electron chi connectivity index (χ4n) is 4.05. The number of piperidine rings is 1. The number of aromatic amines is 1. The smallest absolute Gasteiger partial charge is 0.131 e. The van der Waals surface area contributed by atoms with Crippen LogP contribution in [-0.4, -0.2) is 31.2 Å². The monoisotopic (exact) mass is 352 g/mol. The number of anilines is 2. The molecule has 1 aliphatic rings. The predicted octanol–water partition coefficient (Wildman–Crippen LogP) is 4.05. The minimum atomic E-state index is -0.191. The first-order valence-corrected chi connectivity index (χ1v) is 9.16. The molecule has 1 saturated heterocycles. The molecule has 0 unspecified atom stereocenters. The summed E-state index contributed by atoms with van der Waals surface area (Å²) in [6.45, 7) is 3.90. The molecular formula is C21H25FN4. The third-order valence-electron chi connectivity index (χ3n) is 5.49. The molecule has 0 spiro atoms. The van der Waals surface area contributed by atoms with Crippen LogP contribution < -0.4 is 16.0 Å². The number of aromatic nitrogens is 1. The van der Waals surface area contributed by atoms with Gasteiger partial charge < -0.3 is 20.9 Å². The maximum atomic E-state index is 14.6. The number of benzene rings is 2. The van der Waals surface area contributed by atoms with Gasteiger partial charge in [-0.15, -0.1) is 0 Å². The minimum Gasteiger partial charge on any atom is -0.385 e. The molecule has 0 amide bonds. The topological polar surface area (TPSA) is 57.1 Å². The first-order valence-electron chi connectivity index (χ1n) is 9.16. The Labute approximate surface area is 153 Å². The number of rotatable bonds is 3. The lowest BCUT2D eigenvalue weighted by molar-refractivity contribution is 0.443. The van der Waals surface area contributed by atoms with Crippen molar-refractivity contribution in [1.29, 1.82) is 0 Å². The predicted molar refractivity (Wildman–Crippen MR) is 107 cm³/mol. The van der Waals surface area contributed by atoms with E-state index >= 15 is 0 Å². The number of nitrogen functional groups attached to an aromatic ring is 1. The number of H-pyrrole nitrogens is 1. The number of aryl methyl sites for hydroxylation is 1. The Morgan fingerprint density at radius 2 is 1.96 bits per heavy atom. The minimum absolute atomic E-state index is 0.191. The van der Waals surface area contributed by atoms with Gasteiger partial charge in [0, 0.05) is 41.3 Å². The van der Waals surface area contributed by atoms with Crippen molar-refractivity contribution in [1.82, 2.24) is 10.3 Å². The van der Waals surface area contributed by atoms with Crippen LogP contribution >= 0.6 is 0 Å². The van der Waals surface area contributed by atoms with E-state index in [9.17, 15) is 4.39 Å². The highest BCUT2D eigenvalue weighted by atomic mass is 19.1. The van der Waals surface area contributed by atoms with Gasteiger partial charge >= 0.3 is 0 Å². The van der Waals surface area contributed by atoms with Crippen molar-refractivity contribution in [3.63, 3.8) is 0 Å². The Kier molecular flexibility index (Phi) is 4.32. The van der Waals surface area contributed by atoms with Crippen molar-refractivity contribution in [2.75, 3.05) is 30.8 Å². The van der Waals surface area contributed by atoms with Crippen LogP contribution in [0.15, 0.2) is 36.4 Å². The van der Waals surface area contributed by atoms with E-state index in [2.05, 4.69) is 21.3 Å². The molecule has 1 aliphatic heterocycles. The first-order chi connectivity index (χ1) is 12.6. The van der Waals surface area contributed by atoms with Crippen molar-refractivity contribution >= 4 is 22.4 Å². The molecule has 0 atom stereocenters. The van der Waals surface area contributed by atoms with E-state index in [1.165, 1.54) is 6.07 Å². The van der Waals surface area contributed by atoms with E-state index in [4.69, 9.17) is 5.73 Å². The molecule has 4 N–H and O–H groups in total. The summed E-state index contributed by atoms with van der Waals surface area (Å²) in [6, 6.07) is 11.9. The average Bonchev–Trinajstić information content (AvgIpc) is 3.01. The Morgan fingerprint density at radius 1 is 1.19 bits per heavy atom. The van der Waals surface area contributed by atoms with Crippen molar-refractivity contribution in [2.24, 2.45) is 0 Å². The normalized spacial score (nSPS) is 15.7. The van der Waals surface area contributed by atoms with E-state index in [1.807, 2.05) is 32.2 Å². The van der Waals surface area contributed by atoms with Gasteiger partial charge in [0.2, 0.25) is 0 Å². The molecule has 4 nitrogen and oxygen atoms in total. The van der Waals surface area contributed by atoms with Gasteiger partial charge in [0.05, 0.1) is 0 Å². The van der Waals surface area contributed by atoms with Crippen molar-refractivity contribution < 1.29 is 4.39 Å². The summed E-state index contributed by atoms with van der Waals surface area (Å²) in [6.07, 6.45) is 2.20. The van der Waals surface area contributed by atoms with Gasteiger partial charge in [-0.2, -0.15) is 0 Å². The second-order valence-electron chi connectivity index (χ2n) is 7.16. The summed E-state index contributed by atoms with van der Waals surface area (Å²) in [5.41, 5.74) is 10.6. The van der Waals surface area contributed by atoms with E-state index in [0.29, 0.717) is 17.4 Å². The molecule has 2 heterocycles. The lowest BCUT2D eigenvalue weighted by Crippen LogP contribution is -2.41. The fourth-order valence-corrected chi connectivity index (χ4v) is 4.05. The van der Waals surface area contributed by atoms with E-state index in [1.54, 1.807) is 6.07 Å². The molecule has 0 bridgehead atoms. The van der Waals surface area contributed by atoms with Gasteiger partial charge in [0.15, 0.2) is 0 Å². The van der Waals surface area contributed by atoms with Gasteiger partial charge in [0.1, 0.15) is 11.6 Å². The second kappa shape index (κ2) is 6.65. The third-order valence-corrected chi connectivity index (χ3v) is 5.49. The quantitative estimate of drug-likeness (QED) is 0.666. The Hall–Kier alpha value is -2.53. The van der Waals surface area contributed by atoms with E-state index < -0.39 is 0 Å². The molecule has 0 aliphatic carbocycles. The molecule has 4 rings (SSSR count). The molecule has 5 heteroatoms. The molecule has 26 heavy (non-hydrogen) atoms. The zero-order valence-corrected chi connectivity index (χ0v) is 15.3. The summed E-state index contributed by atoms with van der Waals surface area (Å²) in [4.78, 5) is 5.62. The van der Waals surface area contributed by atoms with Crippen LogP contribution in [0.2, 0.25) is 0 Å². The standard InChI is InChI=1S/C21H25FN4/c1-13-4-3-5-17(22)21(13)14-10-18-16(12-20(23)25-18)19(11-14)26-8-6-15(24-2)7-9-26/h3-5,10-12,15,24-25H,6-9,23H2,1-2H3. The molecular weight excluding hydrogens is 327 g/mol. The number of nitrogens with two attached hydrogens (primary N) is 1. The highest BCUT2D eigenvalue weighted by Gasteiger charge is 2.21. The highest BCUT2D eigenvalue weighted by Crippen LogP contribution is 2.37. The summed E-state index contributed by atoms with van der Waals surface area (Å²) in [5.74, 6) is 0.442. The van der Waals surface area contributed by atoms with Crippen molar-refractivity contribution in [3.8, 4) is 11.1 Å². The maximum Gasteiger partial charge on any atom is 0.131 e. The highest BCUT2D eigenvalue weighted by molar-refractivity contribution is 5.99. The first kappa shape index (κ1) is 16.9. The van der Waals surface area contributed by atoms with Crippen LogP contribution in [0.5, 0.6) is 0 Å². The number of hydrogen-bond donors (Lipinski definition) is 3. The summed E-state index contributed by atoms with van der Waals surface area (Å²) in [5, 5.41) is 4.47. The zero-order valence-electron chi connectivity index (χ0n) is 15.3. The largest absolute Gasteiger partial charge is 0.385 e. The molecule has 1 fully saturated rings. The van der Waals surface area contributed by atoms with E-state index in [-0.39, 0.29) is 5.82 Å². The summed E-state index contributed by atoms with van der Waals surface area (Å²) in [7, 11) is 2.02. The Bertz CT molecular complexity index is 918. The van der Waals surface area contributed by atoms with E-state index in [0.717, 1.165) is 53.6 Å². The number of halogens is 1. The number of nitrogens with zero attached hydrogens (tertiary/aromatic N) is 1. The number of nitrogens with one attached hydrogen (secondary N) is 2. The van der Waals surface area contributed by atoms with Crippen LogP contribution in [-0.2, 0) is 0 Å². The van der Waals surface area contributed by atoms with Crippen LogP contribution in [0.1, 0.15) is 18.4 Å². The lowest BCUT2D eigenvalue weighted by Gasteiger charge is -2.34. The molecule has 3 aromatic rings.